The quantitative estimate of drug-likeness (QED) is 0.642. The van der Waals surface area contributed by atoms with E-state index in [2.05, 4.69) is 28.1 Å². The van der Waals surface area contributed by atoms with Crippen molar-refractivity contribution in [3.05, 3.63) is 60.2 Å². The van der Waals surface area contributed by atoms with E-state index in [9.17, 15) is 0 Å². The molecule has 3 heteroatoms. The van der Waals surface area contributed by atoms with E-state index in [4.69, 9.17) is 9.47 Å². The van der Waals surface area contributed by atoms with Crippen LogP contribution in [-0.2, 0) is 6.42 Å². The highest BCUT2D eigenvalue weighted by molar-refractivity contribution is 9.09. The monoisotopic (exact) mass is 348 g/mol. The van der Waals surface area contributed by atoms with Crippen LogP contribution in [0.1, 0.15) is 12.0 Å². The van der Waals surface area contributed by atoms with Crippen LogP contribution in [-0.4, -0.2) is 19.0 Å². The van der Waals surface area contributed by atoms with Crippen molar-refractivity contribution < 1.29 is 9.47 Å². The molecule has 0 aliphatic rings. The topological polar surface area (TPSA) is 18.5 Å². The normalized spacial score (nSPS) is 11.9. The zero-order valence-corrected chi connectivity index (χ0v) is 13.9. The van der Waals surface area contributed by atoms with Gasteiger partial charge in [-0.05, 0) is 48.6 Å². The molecule has 2 rings (SSSR count). The second-order valence-electron chi connectivity index (χ2n) is 5.02. The highest BCUT2D eigenvalue weighted by Gasteiger charge is 2.09. The summed E-state index contributed by atoms with van der Waals surface area (Å²) in [5.41, 5.74) is 1.33. The Kier molecular flexibility index (Phi) is 6.61. The number of methoxy groups -OCH3 is 1. The van der Waals surface area contributed by atoms with Gasteiger partial charge in [0.25, 0.3) is 0 Å². The fourth-order valence-corrected chi connectivity index (χ4v) is 2.74. The van der Waals surface area contributed by atoms with Crippen LogP contribution in [0.3, 0.4) is 0 Å². The minimum atomic E-state index is 0.571. The average molecular weight is 349 g/mol. The van der Waals surface area contributed by atoms with Gasteiger partial charge in [-0.3, -0.25) is 0 Å². The molecule has 0 amide bonds. The van der Waals surface area contributed by atoms with Crippen molar-refractivity contribution in [2.75, 3.05) is 19.0 Å². The summed E-state index contributed by atoms with van der Waals surface area (Å²) >= 11 is 3.61. The van der Waals surface area contributed by atoms with Crippen LogP contribution in [0, 0.1) is 5.92 Å². The third-order valence-corrected chi connectivity index (χ3v) is 4.36. The second-order valence-corrected chi connectivity index (χ2v) is 5.67. The molecule has 0 aliphatic heterocycles. The van der Waals surface area contributed by atoms with Crippen LogP contribution in [0.4, 0.5) is 0 Å². The van der Waals surface area contributed by atoms with Gasteiger partial charge in [0.2, 0.25) is 0 Å². The first kappa shape index (κ1) is 15.9. The second kappa shape index (κ2) is 8.73. The van der Waals surface area contributed by atoms with E-state index in [0.29, 0.717) is 5.92 Å². The lowest BCUT2D eigenvalue weighted by atomic mass is 9.98. The van der Waals surface area contributed by atoms with Crippen LogP contribution in [0.15, 0.2) is 54.6 Å². The van der Waals surface area contributed by atoms with Gasteiger partial charge in [0.15, 0.2) is 0 Å². The summed E-state index contributed by atoms with van der Waals surface area (Å²) in [7, 11) is 1.69. The van der Waals surface area contributed by atoms with E-state index in [0.717, 1.165) is 36.3 Å². The molecule has 0 N–H and O–H groups in total. The summed E-state index contributed by atoms with van der Waals surface area (Å²) in [6, 6.07) is 18.3. The van der Waals surface area contributed by atoms with E-state index in [-0.39, 0.29) is 0 Å². The molecule has 0 saturated carbocycles. The Hall–Kier alpha value is -1.48. The fourth-order valence-electron chi connectivity index (χ4n) is 2.19. The summed E-state index contributed by atoms with van der Waals surface area (Å²) in [6.07, 6.45) is 2.08. The van der Waals surface area contributed by atoms with Gasteiger partial charge in [0.1, 0.15) is 11.5 Å². The van der Waals surface area contributed by atoms with Crippen molar-refractivity contribution in [1.82, 2.24) is 0 Å². The Labute approximate surface area is 135 Å². The van der Waals surface area contributed by atoms with Crippen LogP contribution in [0.5, 0.6) is 11.5 Å². The molecule has 0 heterocycles. The molecule has 2 nitrogen and oxygen atoms in total. The zero-order chi connectivity index (χ0) is 14.9. The van der Waals surface area contributed by atoms with E-state index in [1.165, 1.54) is 5.56 Å². The van der Waals surface area contributed by atoms with Gasteiger partial charge in [-0.25, -0.2) is 0 Å². The Morgan fingerprint density at radius 2 is 1.67 bits per heavy atom. The molecule has 0 spiro atoms. The third kappa shape index (κ3) is 5.43. The molecule has 0 aliphatic carbocycles. The number of hydrogen-bond donors (Lipinski definition) is 0. The molecule has 0 saturated heterocycles. The lowest BCUT2D eigenvalue weighted by Crippen LogP contribution is -2.11. The van der Waals surface area contributed by atoms with Crippen molar-refractivity contribution in [2.24, 2.45) is 5.92 Å². The van der Waals surface area contributed by atoms with Crippen LogP contribution in [0.25, 0.3) is 0 Å². The Morgan fingerprint density at radius 3 is 2.29 bits per heavy atom. The predicted molar refractivity (Wildman–Crippen MR) is 90.5 cm³/mol. The number of ether oxygens (including phenoxy) is 2. The molecule has 1 atom stereocenters. The van der Waals surface area contributed by atoms with Gasteiger partial charge in [0.05, 0.1) is 13.7 Å². The summed E-state index contributed by atoms with van der Waals surface area (Å²) in [4.78, 5) is 0. The number of rotatable bonds is 8. The minimum absolute atomic E-state index is 0.571. The van der Waals surface area contributed by atoms with E-state index in [1.807, 2.05) is 42.5 Å². The van der Waals surface area contributed by atoms with Crippen LogP contribution < -0.4 is 9.47 Å². The molecule has 1 unspecified atom stereocenters. The van der Waals surface area contributed by atoms with Gasteiger partial charge in [-0.2, -0.15) is 0 Å². The maximum Gasteiger partial charge on any atom is 0.119 e. The SMILES string of the molecule is COc1ccc(CC(CBr)CCOc2ccccc2)cc1. The number of para-hydroxylation sites is 1. The summed E-state index contributed by atoms with van der Waals surface area (Å²) in [5.74, 6) is 2.42. The molecule has 2 aromatic carbocycles. The van der Waals surface area contributed by atoms with Gasteiger partial charge >= 0.3 is 0 Å². The summed E-state index contributed by atoms with van der Waals surface area (Å²) < 4.78 is 11.0. The maximum absolute atomic E-state index is 5.77. The molecule has 2 aromatic rings. The predicted octanol–water partition coefficient (Wildman–Crippen LogP) is 4.72. The third-order valence-electron chi connectivity index (χ3n) is 3.44. The van der Waals surface area contributed by atoms with Crippen LogP contribution >= 0.6 is 15.9 Å². The smallest absolute Gasteiger partial charge is 0.119 e. The van der Waals surface area contributed by atoms with Crippen molar-refractivity contribution in [3.63, 3.8) is 0 Å². The molecular formula is C18H21BrO2. The molecular weight excluding hydrogens is 328 g/mol. The van der Waals surface area contributed by atoms with Crippen molar-refractivity contribution >= 4 is 15.9 Å². The van der Waals surface area contributed by atoms with Gasteiger partial charge in [0, 0.05) is 5.33 Å². The highest BCUT2D eigenvalue weighted by atomic mass is 79.9. The van der Waals surface area contributed by atoms with Gasteiger partial charge in [-0.1, -0.05) is 46.3 Å². The largest absolute Gasteiger partial charge is 0.497 e. The van der Waals surface area contributed by atoms with E-state index in [1.54, 1.807) is 7.11 Å². The Bertz CT molecular complexity index is 511. The van der Waals surface area contributed by atoms with Crippen LogP contribution in [0.2, 0.25) is 0 Å². The highest BCUT2D eigenvalue weighted by Crippen LogP contribution is 2.19. The number of hydrogen-bond acceptors (Lipinski definition) is 2. The fraction of sp³-hybridized carbons (Fsp3) is 0.333. The first-order valence-electron chi connectivity index (χ1n) is 7.18. The average Bonchev–Trinajstić information content (AvgIpc) is 2.55. The Balaban J connectivity index is 1.79. The standard InChI is InChI=1S/C18H21BrO2/c1-20-17-9-7-15(8-10-17)13-16(14-19)11-12-21-18-5-3-2-4-6-18/h2-10,16H,11-14H2,1H3. The van der Waals surface area contributed by atoms with Crippen molar-refractivity contribution in [1.29, 1.82) is 0 Å². The lowest BCUT2D eigenvalue weighted by Gasteiger charge is -2.15. The minimum Gasteiger partial charge on any atom is -0.497 e. The lowest BCUT2D eigenvalue weighted by molar-refractivity contribution is 0.285. The molecule has 112 valence electrons. The number of benzene rings is 2. The first-order valence-corrected chi connectivity index (χ1v) is 8.30. The zero-order valence-electron chi connectivity index (χ0n) is 12.3. The first-order chi connectivity index (χ1) is 10.3. The maximum atomic E-state index is 5.77. The molecule has 21 heavy (non-hydrogen) atoms. The molecule has 0 fully saturated rings. The van der Waals surface area contributed by atoms with Crippen molar-refractivity contribution in [2.45, 2.75) is 12.8 Å². The number of halogens is 1. The summed E-state index contributed by atoms with van der Waals surface area (Å²) in [6.45, 7) is 0.746. The van der Waals surface area contributed by atoms with Gasteiger partial charge < -0.3 is 9.47 Å². The van der Waals surface area contributed by atoms with E-state index >= 15 is 0 Å². The number of alkyl halides is 1. The van der Waals surface area contributed by atoms with Gasteiger partial charge in [-0.15, -0.1) is 0 Å². The molecule has 0 radical (unpaired) electrons. The summed E-state index contributed by atoms with van der Waals surface area (Å²) in [5, 5.41) is 0.983. The molecule has 0 bridgehead atoms. The van der Waals surface area contributed by atoms with Crippen molar-refractivity contribution in [3.8, 4) is 11.5 Å². The Morgan fingerprint density at radius 1 is 0.952 bits per heavy atom. The molecule has 0 aromatic heterocycles. The van der Waals surface area contributed by atoms with E-state index < -0.39 is 0 Å².